The van der Waals surface area contributed by atoms with Gasteiger partial charge in [0.1, 0.15) is 11.3 Å². The SMILES string of the molecule is CCOc1ccccc1NC(=O)COC(=O)c1oc2ccccc2c1COC. The number of anilines is 1. The van der Waals surface area contributed by atoms with Crippen LogP contribution in [-0.4, -0.2) is 32.2 Å². The molecule has 0 aliphatic carbocycles. The maximum atomic E-state index is 12.5. The van der Waals surface area contributed by atoms with Crippen LogP contribution in [0.15, 0.2) is 52.9 Å². The summed E-state index contributed by atoms with van der Waals surface area (Å²) >= 11 is 0. The van der Waals surface area contributed by atoms with Crippen molar-refractivity contribution in [3.8, 4) is 5.75 Å². The largest absolute Gasteiger partial charge is 0.492 e. The molecule has 3 aromatic rings. The number of carbonyl (C=O) groups excluding carboxylic acids is 2. The van der Waals surface area contributed by atoms with Gasteiger partial charge >= 0.3 is 5.97 Å². The van der Waals surface area contributed by atoms with E-state index in [0.717, 1.165) is 5.39 Å². The predicted molar refractivity (Wildman–Crippen MR) is 103 cm³/mol. The van der Waals surface area contributed by atoms with Gasteiger partial charge in [0.15, 0.2) is 6.61 Å². The Morgan fingerprint density at radius 2 is 1.82 bits per heavy atom. The first-order valence-corrected chi connectivity index (χ1v) is 8.82. The predicted octanol–water partition coefficient (Wildman–Crippen LogP) is 3.77. The lowest BCUT2D eigenvalue weighted by atomic mass is 10.1. The molecule has 0 fully saturated rings. The Kier molecular flexibility index (Phi) is 6.29. The highest BCUT2D eigenvalue weighted by molar-refractivity contribution is 5.98. The Hall–Kier alpha value is -3.32. The molecule has 1 aromatic heterocycles. The molecule has 0 unspecified atom stereocenters. The van der Waals surface area contributed by atoms with E-state index in [4.69, 9.17) is 18.6 Å². The molecular weight excluding hydrogens is 362 g/mol. The van der Waals surface area contributed by atoms with Crippen LogP contribution in [-0.2, 0) is 20.9 Å². The fourth-order valence-electron chi connectivity index (χ4n) is 2.79. The fraction of sp³-hybridized carbons (Fsp3) is 0.238. The molecule has 0 atom stereocenters. The summed E-state index contributed by atoms with van der Waals surface area (Å²) < 4.78 is 21.4. The number of methoxy groups -OCH3 is 1. The zero-order valence-electron chi connectivity index (χ0n) is 15.7. The van der Waals surface area contributed by atoms with Crippen molar-refractivity contribution in [3.05, 3.63) is 59.9 Å². The molecule has 7 heteroatoms. The highest BCUT2D eigenvalue weighted by Crippen LogP contribution is 2.27. The van der Waals surface area contributed by atoms with Gasteiger partial charge in [0, 0.05) is 18.1 Å². The molecule has 1 amide bonds. The van der Waals surface area contributed by atoms with Crippen LogP contribution in [0.5, 0.6) is 5.75 Å². The lowest BCUT2D eigenvalue weighted by Gasteiger charge is -2.11. The van der Waals surface area contributed by atoms with Crippen LogP contribution in [0.2, 0.25) is 0 Å². The van der Waals surface area contributed by atoms with Crippen LogP contribution in [0, 0.1) is 0 Å². The quantitative estimate of drug-likeness (QED) is 0.596. The van der Waals surface area contributed by atoms with Crippen LogP contribution in [0.25, 0.3) is 11.0 Å². The van der Waals surface area contributed by atoms with Gasteiger partial charge in [-0.1, -0.05) is 30.3 Å². The number of nitrogens with one attached hydrogen (secondary N) is 1. The molecule has 0 radical (unpaired) electrons. The van der Waals surface area contributed by atoms with Gasteiger partial charge in [-0.2, -0.15) is 0 Å². The molecule has 2 aromatic carbocycles. The number of fused-ring (bicyclic) bond motifs is 1. The zero-order valence-corrected chi connectivity index (χ0v) is 15.7. The minimum Gasteiger partial charge on any atom is -0.492 e. The van der Waals surface area contributed by atoms with Crippen molar-refractivity contribution in [3.63, 3.8) is 0 Å². The molecule has 7 nitrogen and oxygen atoms in total. The number of amides is 1. The number of rotatable bonds is 8. The van der Waals surface area contributed by atoms with E-state index in [1.165, 1.54) is 7.11 Å². The number of carbonyl (C=O) groups is 2. The second kappa shape index (κ2) is 9.05. The van der Waals surface area contributed by atoms with E-state index in [-0.39, 0.29) is 12.4 Å². The van der Waals surface area contributed by atoms with Gasteiger partial charge in [0.05, 0.1) is 18.9 Å². The first kappa shape index (κ1) is 19.4. The Balaban J connectivity index is 1.68. The van der Waals surface area contributed by atoms with E-state index in [0.29, 0.717) is 29.2 Å². The van der Waals surface area contributed by atoms with Gasteiger partial charge in [-0.15, -0.1) is 0 Å². The molecule has 3 rings (SSSR count). The molecule has 1 N–H and O–H groups in total. The lowest BCUT2D eigenvalue weighted by Crippen LogP contribution is -2.21. The Morgan fingerprint density at radius 3 is 2.61 bits per heavy atom. The molecule has 146 valence electrons. The van der Waals surface area contributed by atoms with E-state index < -0.39 is 18.5 Å². The smallest absolute Gasteiger partial charge is 0.375 e. The molecule has 0 aliphatic heterocycles. The van der Waals surface area contributed by atoms with Gasteiger partial charge in [-0.25, -0.2) is 4.79 Å². The molecule has 0 saturated carbocycles. The minimum absolute atomic E-state index is 0.0329. The normalized spacial score (nSPS) is 10.6. The van der Waals surface area contributed by atoms with Crippen molar-refractivity contribution in [1.82, 2.24) is 0 Å². The van der Waals surface area contributed by atoms with Crippen LogP contribution in [0.4, 0.5) is 5.69 Å². The Morgan fingerprint density at radius 1 is 1.07 bits per heavy atom. The summed E-state index contributed by atoms with van der Waals surface area (Å²) in [5, 5.41) is 3.44. The third-order valence-corrected chi connectivity index (χ3v) is 3.97. The maximum Gasteiger partial charge on any atom is 0.375 e. The first-order valence-electron chi connectivity index (χ1n) is 8.82. The molecule has 28 heavy (non-hydrogen) atoms. The second-order valence-corrected chi connectivity index (χ2v) is 5.89. The zero-order chi connectivity index (χ0) is 19.9. The molecular formula is C21H21NO6. The highest BCUT2D eigenvalue weighted by Gasteiger charge is 2.22. The number of esters is 1. The van der Waals surface area contributed by atoms with Crippen molar-refractivity contribution in [2.75, 3.05) is 25.6 Å². The second-order valence-electron chi connectivity index (χ2n) is 5.89. The standard InChI is InChI=1S/C21H21NO6/c1-3-26-18-11-7-5-9-16(18)22-19(23)13-27-21(24)20-15(12-25-2)14-8-4-6-10-17(14)28-20/h4-11H,3,12-13H2,1-2H3,(H,22,23). The summed E-state index contributed by atoms with van der Waals surface area (Å²) in [5.74, 6) is -0.628. The monoisotopic (exact) mass is 383 g/mol. The third-order valence-electron chi connectivity index (χ3n) is 3.97. The third kappa shape index (κ3) is 4.32. The van der Waals surface area contributed by atoms with Gasteiger partial charge in [0.25, 0.3) is 5.91 Å². The van der Waals surface area contributed by atoms with Crippen molar-refractivity contribution >= 4 is 28.5 Å². The average Bonchev–Trinajstić information content (AvgIpc) is 3.07. The average molecular weight is 383 g/mol. The summed E-state index contributed by atoms with van der Waals surface area (Å²) in [7, 11) is 1.53. The number of ether oxygens (including phenoxy) is 3. The van der Waals surface area contributed by atoms with Crippen LogP contribution in [0.1, 0.15) is 23.0 Å². The summed E-state index contributed by atoms with van der Waals surface area (Å²) in [6.07, 6.45) is 0. The summed E-state index contributed by atoms with van der Waals surface area (Å²) in [6.45, 7) is 2.06. The highest BCUT2D eigenvalue weighted by atomic mass is 16.5. The topological polar surface area (TPSA) is 87.0 Å². The summed E-state index contributed by atoms with van der Waals surface area (Å²) in [4.78, 5) is 24.6. The van der Waals surface area contributed by atoms with Crippen molar-refractivity contribution in [2.45, 2.75) is 13.5 Å². The number of furan rings is 1. The van der Waals surface area contributed by atoms with E-state index in [1.54, 1.807) is 36.4 Å². The van der Waals surface area contributed by atoms with E-state index >= 15 is 0 Å². The molecule has 0 spiro atoms. The Bertz CT molecular complexity index is 978. The van der Waals surface area contributed by atoms with Gasteiger partial charge in [-0.3, -0.25) is 4.79 Å². The minimum atomic E-state index is -0.725. The van der Waals surface area contributed by atoms with Gasteiger partial charge in [-0.05, 0) is 25.1 Å². The maximum absolute atomic E-state index is 12.5. The van der Waals surface area contributed by atoms with Gasteiger partial charge in [0.2, 0.25) is 5.76 Å². The van der Waals surface area contributed by atoms with Gasteiger partial charge < -0.3 is 23.9 Å². The summed E-state index contributed by atoms with van der Waals surface area (Å²) in [6, 6.07) is 14.3. The number of para-hydroxylation sites is 3. The van der Waals surface area contributed by atoms with Crippen LogP contribution in [0.3, 0.4) is 0 Å². The fourth-order valence-corrected chi connectivity index (χ4v) is 2.79. The molecule has 0 bridgehead atoms. The number of benzene rings is 2. The number of hydrogen-bond donors (Lipinski definition) is 1. The molecule has 1 heterocycles. The lowest BCUT2D eigenvalue weighted by molar-refractivity contribution is -0.119. The Labute approximate surface area is 162 Å². The molecule has 0 aliphatic rings. The van der Waals surface area contributed by atoms with Crippen molar-refractivity contribution < 1.29 is 28.2 Å². The molecule has 0 saturated heterocycles. The van der Waals surface area contributed by atoms with Crippen LogP contribution >= 0.6 is 0 Å². The summed E-state index contributed by atoms with van der Waals surface area (Å²) in [5.41, 5.74) is 1.65. The van der Waals surface area contributed by atoms with Crippen molar-refractivity contribution in [1.29, 1.82) is 0 Å². The van der Waals surface area contributed by atoms with E-state index in [1.807, 2.05) is 19.1 Å². The first-order chi connectivity index (χ1) is 13.6. The van der Waals surface area contributed by atoms with E-state index in [9.17, 15) is 9.59 Å². The number of hydrogen-bond acceptors (Lipinski definition) is 6. The van der Waals surface area contributed by atoms with Crippen LogP contribution < -0.4 is 10.1 Å². The van der Waals surface area contributed by atoms with Crippen molar-refractivity contribution in [2.24, 2.45) is 0 Å². The van der Waals surface area contributed by atoms with E-state index in [2.05, 4.69) is 5.32 Å².